The Bertz CT molecular complexity index is 867. The van der Waals surface area contributed by atoms with Gasteiger partial charge in [0.05, 0.1) is 23.0 Å². The Kier molecular flexibility index (Phi) is 5.39. The minimum absolute atomic E-state index is 0.00505. The zero-order valence-corrected chi connectivity index (χ0v) is 15.6. The van der Waals surface area contributed by atoms with E-state index in [9.17, 15) is 4.79 Å². The summed E-state index contributed by atoms with van der Waals surface area (Å²) in [6.45, 7) is 6.28. The number of ether oxygens (including phenoxy) is 2. The lowest BCUT2D eigenvalue weighted by Gasteiger charge is -2.16. The largest absolute Gasteiger partial charge is 0.489 e. The minimum Gasteiger partial charge on any atom is -0.489 e. The number of aryl methyl sites for hydroxylation is 1. The van der Waals surface area contributed by atoms with Gasteiger partial charge in [-0.3, -0.25) is 0 Å². The maximum Gasteiger partial charge on any atom is 0.338 e. The van der Waals surface area contributed by atoms with Crippen molar-refractivity contribution >= 4 is 27.4 Å². The van der Waals surface area contributed by atoms with Crippen LogP contribution in [0.4, 0.5) is 0 Å². The van der Waals surface area contributed by atoms with Gasteiger partial charge in [-0.05, 0) is 49.9 Å². The average Bonchev–Trinajstić information content (AvgIpc) is 2.96. The Morgan fingerprint density at radius 1 is 1.16 bits per heavy atom. The van der Waals surface area contributed by atoms with Gasteiger partial charge < -0.3 is 9.47 Å². The topological polar surface area (TPSA) is 35.5 Å². The molecule has 1 aromatic heterocycles. The first-order chi connectivity index (χ1) is 12.1. The average molecular weight is 354 g/mol. The first kappa shape index (κ1) is 17.5. The summed E-state index contributed by atoms with van der Waals surface area (Å²) in [6, 6.07) is 16.0. The molecule has 25 heavy (non-hydrogen) atoms. The molecule has 3 nitrogen and oxygen atoms in total. The number of fused-ring (bicyclic) bond motifs is 1. The highest BCUT2D eigenvalue weighted by Crippen LogP contribution is 2.35. The van der Waals surface area contributed by atoms with Crippen molar-refractivity contribution in [2.45, 2.75) is 33.3 Å². The molecule has 0 spiro atoms. The second-order valence-corrected chi connectivity index (χ2v) is 7.34. The van der Waals surface area contributed by atoms with Crippen LogP contribution in [0.1, 0.15) is 34.6 Å². The fourth-order valence-electron chi connectivity index (χ4n) is 2.87. The molecular weight excluding hydrogens is 332 g/mol. The Balaban J connectivity index is 1.89. The first-order valence-electron chi connectivity index (χ1n) is 8.48. The number of benzene rings is 2. The highest BCUT2D eigenvalue weighted by molar-refractivity contribution is 7.19. The molecule has 0 N–H and O–H groups in total. The predicted octanol–water partition coefficient (Wildman–Crippen LogP) is 5.40. The molecule has 0 fully saturated rings. The van der Waals surface area contributed by atoms with E-state index >= 15 is 0 Å². The SMILES string of the molecule is CCOC(=O)c1cc(OC(C)Cc2ccccc2)c2sc(C)cc2c1. The number of carbonyl (C=O) groups excluding carboxylic acids is 1. The Labute approximate surface area is 152 Å². The van der Waals surface area contributed by atoms with Gasteiger partial charge in [-0.25, -0.2) is 4.79 Å². The number of carbonyl (C=O) groups is 1. The summed E-state index contributed by atoms with van der Waals surface area (Å²) in [4.78, 5) is 13.3. The molecule has 3 rings (SSSR count). The zero-order chi connectivity index (χ0) is 17.8. The van der Waals surface area contributed by atoms with E-state index in [1.165, 1.54) is 10.4 Å². The molecular formula is C21H22O3S. The van der Waals surface area contributed by atoms with E-state index in [1.54, 1.807) is 17.4 Å². The summed E-state index contributed by atoms with van der Waals surface area (Å²) in [5.74, 6) is 0.441. The van der Waals surface area contributed by atoms with Crippen LogP contribution in [-0.2, 0) is 11.2 Å². The molecule has 4 heteroatoms. The molecule has 0 saturated carbocycles. The summed E-state index contributed by atoms with van der Waals surface area (Å²) in [5, 5.41) is 1.02. The molecule has 1 heterocycles. The number of hydrogen-bond donors (Lipinski definition) is 0. The lowest BCUT2D eigenvalue weighted by Crippen LogP contribution is -2.15. The van der Waals surface area contributed by atoms with Crippen LogP contribution in [0, 0.1) is 6.92 Å². The van der Waals surface area contributed by atoms with Crippen LogP contribution in [0.5, 0.6) is 5.75 Å². The van der Waals surface area contributed by atoms with Crippen molar-refractivity contribution in [1.82, 2.24) is 0 Å². The fourth-order valence-corrected chi connectivity index (χ4v) is 3.83. The van der Waals surface area contributed by atoms with Crippen molar-refractivity contribution in [3.8, 4) is 5.75 Å². The van der Waals surface area contributed by atoms with Gasteiger partial charge in [0.15, 0.2) is 0 Å². The van der Waals surface area contributed by atoms with Crippen molar-refractivity contribution in [2.75, 3.05) is 6.61 Å². The van der Waals surface area contributed by atoms with Gasteiger partial charge in [0.2, 0.25) is 0 Å². The summed E-state index contributed by atoms with van der Waals surface area (Å²) < 4.78 is 12.4. The maximum absolute atomic E-state index is 12.1. The van der Waals surface area contributed by atoms with Gasteiger partial charge in [0.25, 0.3) is 0 Å². The standard InChI is InChI=1S/C21H22O3S/c1-4-23-21(22)18-12-17-11-15(3)25-20(17)19(13-18)24-14(2)10-16-8-6-5-7-9-16/h5-9,11-14H,4,10H2,1-3H3. The third kappa shape index (κ3) is 4.20. The van der Waals surface area contributed by atoms with E-state index in [4.69, 9.17) is 9.47 Å². The summed E-state index contributed by atoms with van der Waals surface area (Å²) in [7, 11) is 0. The van der Waals surface area contributed by atoms with Gasteiger partial charge >= 0.3 is 5.97 Å². The number of hydrogen-bond acceptors (Lipinski definition) is 4. The number of esters is 1. The lowest BCUT2D eigenvalue weighted by atomic mass is 10.1. The minimum atomic E-state index is -0.311. The molecule has 1 atom stereocenters. The zero-order valence-electron chi connectivity index (χ0n) is 14.7. The molecule has 2 aromatic carbocycles. The second kappa shape index (κ2) is 7.70. The Morgan fingerprint density at radius 2 is 1.92 bits per heavy atom. The summed E-state index contributed by atoms with van der Waals surface area (Å²) in [5.41, 5.74) is 1.77. The highest BCUT2D eigenvalue weighted by Gasteiger charge is 2.16. The van der Waals surface area contributed by atoms with Gasteiger partial charge in [-0.1, -0.05) is 30.3 Å². The molecule has 0 saturated heterocycles. The molecule has 130 valence electrons. The second-order valence-electron chi connectivity index (χ2n) is 6.09. The van der Waals surface area contributed by atoms with Crippen LogP contribution in [0.25, 0.3) is 10.1 Å². The molecule has 3 aromatic rings. The third-order valence-corrected chi connectivity index (χ3v) is 4.99. The van der Waals surface area contributed by atoms with Gasteiger partial charge in [-0.2, -0.15) is 0 Å². The van der Waals surface area contributed by atoms with Gasteiger partial charge in [0.1, 0.15) is 5.75 Å². The van der Waals surface area contributed by atoms with Gasteiger partial charge in [0, 0.05) is 11.3 Å². The normalized spacial score (nSPS) is 12.1. The van der Waals surface area contributed by atoms with E-state index < -0.39 is 0 Å². The van der Waals surface area contributed by atoms with E-state index in [0.29, 0.717) is 12.2 Å². The van der Waals surface area contributed by atoms with Crippen molar-refractivity contribution < 1.29 is 14.3 Å². The quantitative estimate of drug-likeness (QED) is 0.556. The highest BCUT2D eigenvalue weighted by atomic mass is 32.1. The molecule has 0 aliphatic carbocycles. The molecule has 1 unspecified atom stereocenters. The van der Waals surface area contributed by atoms with Crippen molar-refractivity contribution in [2.24, 2.45) is 0 Å². The Hall–Kier alpha value is -2.33. The smallest absolute Gasteiger partial charge is 0.338 e. The predicted molar refractivity (Wildman–Crippen MR) is 103 cm³/mol. The van der Waals surface area contributed by atoms with E-state index in [-0.39, 0.29) is 12.1 Å². The Morgan fingerprint density at radius 3 is 2.64 bits per heavy atom. The van der Waals surface area contributed by atoms with E-state index in [1.807, 2.05) is 31.2 Å². The monoisotopic (exact) mass is 354 g/mol. The fraction of sp³-hybridized carbons (Fsp3) is 0.286. The molecule has 0 radical (unpaired) electrons. The lowest BCUT2D eigenvalue weighted by molar-refractivity contribution is 0.0526. The summed E-state index contributed by atoms with van der Waals surface area (Å²) >= 11 is 1.68. The van der Waals surface area contributed by atoms with Crippen molar-refractivity contribution in [1.29, 1.82) is 0 Å². The van der Waals surface area contributed by atoms with Crippen molar-refractivity contribution in [3.63, 3.8) is 0 Å². The van der Waals surface area contributed by atoms with E-state index in [2.05, 4.69) is 32.0 Å². The maximum atomic E-state index is 12.1. The third-order valence-electron chi connectivity index (χ3n) is 3.91. The van der Waals surface area contributed by atoms with Crippen LogP contribution < -0.4 is 4.74 Å². The van der Waals surface area contributed by atoms with Crippen LogP contribution in [0.3, 0.4) is 0 Å². The first-order valence-corrected chi connectivity index (χ1v) is 9.30. The van der Waals surface area contributed by atoms with Crippen LogP contribution in [-0.4, -0.2) is 18.7 Å². The number of rotatable bonds is 6. The number of thiophene rings is 1. The van der Waals surface area contributed by atoms with Crippen LogP contribution in [0.15, 0.2) is 48.5 Å². The molecule has 0 aliphatic heterocycles. The van der Waals surface area contributed by atoms with Crippen molar-refractivity contribution in [3.05, 3.63) is 64.5 Å². The van der Waals surface area contributed by atoms with E-state index in [0.717, 1.165) is 22.3 Å². The molecule has 0 bridgehead atoms. The van der Waals surface area contributed by atoms with Gasteiger partial charge in [-0.15, -0.1) is 11.3 Å². The molecule has 0 aliphatic rings. The van der Waals surface area contributed by atoms with Crippen LogP contribution >= 0.6 is 11.3 Å². The summed E-state index contributed by atoms with van der Waals surface area (Å²) in [6.07, 6.45) is 0.821. The van der Waals surface area contributed by atoms with Crippen LogP contribution in [0.2, 0.25) is 0 Å². The molecule has 0 amide bonds.